The van der Waals surface area contributed by atoms with Crippen LogP contribution in [0.15, 0.2) is 0 Å². The molecule has 1 atom stereocenters. The maximum atomic E-state index is 12.0. The number of hydrogen-bond acceptors (Lipinski definition) is 4. The van der Waals surface area contributed by atoms with Crippen LogP contribution in [0, 0.1) is 0 Å². The minimum Gasteiger partial charge on any atom is -0.370 e. The molecule has 1 saturated carbocycles. The summed E-state index contributed by atoms with van der Waals surface area (Å²) >= 11 is 0. The Kier molecular flexibility index (Phi) is 4.68. The van der Waals surface area contributed by atoms with Gasteiger partial charge in [-0.2, -0.15) is 0 Å². The second-order valence-corrected chi connectivity index (χ2v) is 7.04. The molecule has 0 bridgehead atoms. The third-order valence-corrected chi connectivity index (χ3v) is 5.31. The lowest BCUT2D eigenvalue weighted by atomic mass is 9.83. The molecule has 0 aromatic heterocycles. The Morgan fingerprint density at radius 1 is 1.23 bits per heavy atom. The summed E-state index contributed by atoms with van der Waals surface area (Å²) in [5.74, 6) is -0.449. The topological polar surface area (TPSA) is 75.9 Å². The average molecular weight is 309 g/mol. The Hall–Kier alpha value is -1.14. The molecule has 6 heteroatoms. The van der Waals surface area contributed by atoms with Gasteiger partial charge in [0.1, 0.15) is 0 Å². The Morgan fingerprint density at radius 3 is 2.68 bits per heavy atom. The Labute approximate surface area is 131 Å². The van der Waals surface area contributed by atoms with Crippen molar-refractivity contribution >= 4 is 11.8 Å². The molecule has 0 aromatic carbocycles. The van der Waals surface area contributed by atoms with Crippen molar-refractivity contribution in [3.63, 3.8) is 0 Å². The van der Waals surface area contributed by atoms with Crippen LogP contribution in [-0.2, 0) is 14.3 Å². The largest absolute Gasteiger partial charge is 0.370 e. The lowest BCUT2D eigenvalue weighted by Gasteiger charge is -2.36. The van der Waals surface area contributed by atoms with Gasteiger partial charge in [-0.25, -0.2) is 0 Å². The molecular weight excluding hydrogens is 282 g/mol. The van der Waals surface area contributed by atoms with Crippen LogP contribution in [0.2, 0.25) is 0 Å². The highest BCUT2D eigenvalue weighted by Gasteiger charge is 2.41. The van der Waals surface area contributed by atoms with E-state index in [1.165, 1.54) is 38.5 Å². The Bertz CT molecular complexity index is 434. The summed E-state index contributed by atoms with van der Waals surface area (Å²) in [6, 6.07) is 0. The van der Waals surface area contributed by atoms with Gasteiger partial charge in [-0.15, -0.1) is 0 Å². The minimum atomic E-state index is -0.444. The number of hydrogen-bond donors (Lipinski definition) is 1. The van der Waals surface area contributed by atoms with E-state index in [9.17, 15) is 9.59 Å². The van der Waals surface area contributed by atoms with Gasteiger partial charge < -0.3 is 15.4 Å². The predicted octanol–water partition coefficient (Wildman–Crippen LogP) is 0.498. The zero-order valence-electron chi connectivity index (χ0n) is 13.3. The molecule has 124 valence electrons. The Balaban J connectivity index is 1.47. The fourth-order valence-electron chi connectivity index (χ4n) is 4.14. The van der Waals surface area contributed by atoms with E-state index in [2.05, 4.69) is 4.90 Å². The first-order valence-corrected chi connectivity index (χ1v) is 8.53. The maximum absolute atomic E-state index is 12.0. The van der Waals surface area contributed by atoms with Gasteiger partial charge in [0.2, 0.25) is 11.8 Å². The molecule has 3 rings (SSSR count). The second kappa shape index (κ2) is 6.54. The summed E-state index contributed by atoms with van der Waals surface area (Å²) in [4.78, 5) is 26.7. The van der Waals surface area contributed by atoms with Crippen molar-refractivity contribution in [2.45, 2.75) is 56.7 Å². The number of primary amides is 1. The average Bonchev–Trinajstić information content (AvgIpc) is 2.85. The summed E-state index contributed by atoms with van der Waals surface area (Å²) in [7, 11) is 0. The highest BCUT2D eigenvalue weighted by atomic mass is 16.5. The number of nitrogens with zero attached hydrogens (tertiary/aromatic N) is 2. The maximum Gasteiger partial charge on any atom is 0.237 e. The van der Waals surface area contributed by atoms with Crippen molar-refractivity contribution in [2.24, 2.45) is 5.73 Å². The summed E-state index contributed by atoms with van der Waals surface area (Å²) in [6.07, 6.45) is 8.86. The first-order chi connectivity index (χ1) is 10.6. The van der Waals surface area contributed by atoms with Crippen LogP contribution in [0.25, 0.3) is 0 Å². The van der Waals surface area contributed by atoms with E-state index in [0.717, 1.165) is 19.5 Å². The van der Waals surface area contributed by atoms with E-state index < -0.39 is 5.91 Å². The normalized spacial score (nSPS) is 29.2. The fourth-order valence-corrected chi connectivity index (χ4v) is 4.14. The fraction of sp³-hybridized carbons (Fsp3) is 0.875. The van der Waals surface area contributed by atoms with E-state index in [1.807, 2.05) is 0 Å². The van der Waals surface area contributed by atoms with Crippen LogP contribution in [0.4, 0.5) is 0 Å². The summed E-state index contributed by atoms with van der Waals surface area (Å²) in [6.45, 7) is 2.62. The van der Waals surface area contributed by atoms with E-state index in [4.69, 9.17) is 10.5 Å². The number of piperazine rings is 1. The molecule has 22 heavy (non-hydrogen) atoms. The van der Waals surface area contributed by atoms with Gasteiger partial charge in [-0.3, -0.25) is 14.5 Å². The molecule has 2 N–H and O–H groups in total. The molecule has 1 spiro atoms. The molecule has 2 amide bonds. The van der Waals surface area contributed by atoms with Crippen molar-refractivity contribution in [3.8, 4) is 0 Å². The lowest BCUT2D eigenvalue weighted by molar-refractivity contribution is -0.140. The van der Waals surface area contributed by atoms with Crippen molar-refractivity contribution in [3.05, 3.63) is 0 Å². The van der Waals surface area contributed by atoms with E-state index in [-0.39, 0.29) is 24.2 Å². The monoisotopic (exact) mass is 309 g/mol. The third-order valence-electron chi connectivity index (χ3n) is 5.31. The third kappa shape index (κ3) is 3.60. The number of ether oxygens (including phenoxy) is 1. The van der Waals surface area contributed by atoms with Crippen LogP contribution >= 0.6 is 0 Å². The van der Waals surface area contributed by atoms with Gasteiger partial charge in [0.25, 0.3) is 0 Å². The first-order valence-electron chi connectivity index (χ1n) is 8.53. The zero-order valence-corrected chi connectivity index (χ0v) is 13.3. The molecule has 2 saturated heterocycles. The highest BCUT2D eigenvalue weighted by Crippen LogP contribution is 2.42. The number of rotatable bonds is 4. The van der Waals surface area contributed by atoms with Gasteiger partial charge in [-0.1, -0.05) is 19.3 Å². The standard InChI is InChI=1S/C16H27N3O3/c17-14(20)11-19-9-8-18(12-15(19)21)10-13-4-7-16(22-13)5-2-1-3-6-16/h13H,1-12H2,(H2,17,20)/t13-/m1/s1. The molecule has 0 aromatic rings. The quantitative estimate of drug-likeness (QED) is 0.820. The molecular formula is C16H27N3O3. The van der Waals surface area contributed by atoms with Crippen molar-refractivity contribution in [2.75, 3.05) is 32.7 Å². The van der Waals surface area contributed by atoms with Crippen LogP contribution < -0.4 is 5.73 Å². The van der Waals surface area contributed by atoms with Gasteiger partial charge >= 0.3 is 0 Å². The minimum absolute atomic E-state index is 0.00423. The van der Waals surface area contributed by atoms with Crippen LogP contribution in [0.3, 0.4) is 0 Å². The van der Waals surface area contributed by atoms with Crippen LogP contribution in [0.1, 0.15) is 44.9 Å². The van der Waals surface area contributed by atoms with Gasteiger partial charge in [0.05, 0.1) is 24.8 Å². The Morgan fingerprint density at radius 2 is 2.00 bits per heavy atom. The number of carbonyl (C=O) groups excluding carboxylic acids is 2. The molecule has 3 fully saturated rings. The van der Waals surface area contributed by atoms with Gasteiger partial charge in [0.15, 0.2) is 0 Å². The zero-order chi connectivity index (χ0) is 15.6. The molecule has 0 radical (unpaired) electrons. The molecule has 2 heterocycles. The van der Waals surface area contributed by atoms with Crippen LogP contribution in [-0.4, -0.2) is 66.0 Å². The molecule has 3 aliphatic rings. The van der Waals surface area contributed by atoms with Crippen molar-refractivity contribution in [1.82, 2.24) is 9.80 Å². The number of amides is 2. The van der Waals surface area contributed by atoms with Crippen molar-refractivity contribution < 1.29 is 14.3 Å². The smallest absolute Gasteiger partial charge is 0.237 e. The van der Waals surface area contributed by atoms with Gasteiger partial charge in [-0.05, 0) is 25.7 Å². The first kappa shape index (κ1) is 15.7. The summed E-state index contributed by atoms with van der Waals surface area (Å²) in [5.41, 5.74) is 5.30. The summed E-state index contributed by atoms with van der Waals surface area (Å²) < 4.78 is 6.38. The summed E-state index contributed by atoms with van der Waals surface area (Å²) in [5, 5.41) is 0. The number of carbonyl (C=O) groups is 2. The van der Waals surface area contributed by atoms with Crippen molar-refractivity contribution in [1.29, 1.82) is 0 Å². The SMILES string of the molecule is NC(=O)CN1CCN(C[C@H]2CCC3(CCCCC3)O2)CC1=O. The number of nitrogens with two attached hydrogens (primary N) is 1. The van der Waals surface area contributed by atoms with E-state index >= 15 is 0 Å². The van der Waals surface area contributed by atoms with E-state index in [0.29, 0.717) is 13.1 Å². The van der Waals surface area contributed by atoms with Gasteiger partial charge in [0, 0.05) is 19.6 Å². The predicted molar refractivity (Wildman–Crippen MR) is 82.1 cm³/mol. The highest BCUT2D eigenvalue weighted by molar-refractivity contribution is 5.85. The molecule has 1 aliphatic carbocycles. The molecule has 2 aliphatic heterocycles. The van der Waals surface area contributed by atoms with E-state index in [1.54, 1.807) is 4.90 Å². The molecule has 0 unspecified atom stereocenters. The van der Waals surface area contributed by atoms with Crippen LogP contribution in [0.5, 0.6) is 0 Å². The second-order valence-electron chi connectivity index (χ2n) is 7.04. The lowest BCUT2D eigenvalue weighted by Crippen LogP contribution is -2.53. The molecule has 6 nitrogen and oxygen atoms in total.